The van der Waals surface area contributed by atoms with Gasteiger partial charge in [0.2, 0.25) is 0 Å². The predicted molar refractivity (Wildman–Crippen MR) is 106 cm³/mol. The van der Waals surface area contributed by atoms with Gasteiger partial charge in [-0.15, -0.1) is 0 Å². The van der Waals surface area contributed by atoms with Crippen LogP contribution < -0.4 is 5.46 Å². The van der Waals surface area contributed by atoms with Gasteiger partial charge in [-0.3, -0.25) is 4.98 Å². The van der Waals surface area contributed by atoms with Gasteiger partial charge in [0.1, 0.15) is 11.2 Å². The number of pyridine rings is 1. The molecule has 4 nitrogen and oxygen atoms in total. The van der Waals surface area contributed by atoms with Gasteiger partial charge < -0.3 is 14.2 Å². The molecule has 5 heteroatoms. The fourth-order valence-corrected chi connectivity index (χ4v) is 2.92. The molecule has 2 aromatic heterocycles. The minimum atomic E-state index is -0.979. The molecule has 0 aliphatic rings. The summed E-state index contributed by atoms with van der Waals surface area (Å²) in [5.74, 6) is 0. The second kappa shape index (κ2) is 5.83. The zero-order chi connectivity index (χ0) is 18.5. The Morgan fingerprint density at radius 1 is 1.00 bits per heavy atom. The van der Waals surface area contributed by atoms with Gasteiger partial charge in [0, 0.05) is 22.4 Å². The number of aromatic nitrogens is 1. The molecule has 0 spiro atoms. The monoisotopic (exact) mass is 346 g/mol. The maximum absolute atomic E-state index is 10.3. The highest BCUT2D eigenvalue weighted by Gasteiger charge is 2.36. The van der Waals surface area contributed by atoms with E-state index >= 15 is 0 Å². The summed E-state index contributed by atoms with van der Waals surface area (Å²) in [5, 5.41) is 13.4. The van der Waals surface area contributed by atoms with Gasteiger partial charge in [-0.05, 0) is 51.4 Å². The number of benzene rings is 2. The van der Waals surface area contributed by atoms with E-state index in [-0.39, 0.29) is 0 Å². The summed E-state index contributed by atoms with van der Waals surface area (Å²) in [4.78, 5) is 4.43. The van der Waals surface area contributed by atoms with Crippen LogP contribution in [0.5, 0.6) is 0 Å². The van der Waals surface area contributed by atoms with Gasteiger partial charge in [-0.1, -0.05) is 24.3 Å². The van der Waals surface area contributed by atoms with Crippen molar-refractivity contribution >= 4 is 45.8 Å². The number of furan rings is 1. The molecule has 0 fully saturated rings. The molecule has 4 aromatic rings. The quantitative estimate of drug-likeness (QED) is 0.569. The average Bonchev–Trinajstić information content (AvgIpc) is 2.98. The summed E-state index contributed by atoms with van der Waals surface area (Å²) < 4.78 is 12.1. The third-order valence-corrected chi connectivity index (χ3v) is 5.23. The Bertz CT molecular complexity index is 1110. The summed E-state index contributed by atoms with van der Waals surface area (Å²) in [7, 11) is 1.67. The lowest BCUT2D eigenvalue weighted by atomic mass is 9.82. The Morgan fingerprint density at radius 3 is 2.54 bits per heavy atom. The molecule has 0 bridgehead atoms. The summed E-state index contributed by atoms with van der Waals surface area (Å²) in [6.45, 7) is 7.20. The number of aliphatic hydroxyl groups is 1. The molecule has 0 aliphatic carbocycles. The van der Waals surface area contributed by atoms with Gasteiger partial charge in [-0.2, -0.15) is 0 Å². The number of hydrogen-bond donors (Lipinski definition) is 1. The Kier molecular flexibility index (Phi) is 3.83. The Hall–Kier alpha value is -2.37. The normalized spacial score (nSPS) is 13.0. The summed E-state index contributed by atoms with van der Waals surface area (Å²) in [6.07, 6.45) is 1.79. The second-order valence-electron chi connectivity index (χ2n) is 7.64. The molecule has 1 radical (unpaired) electrons. The molecule has 131 valence electrons. The van der Waals surface area contributed by atoms with Gasteiger partial charge in [0.15, 0.2) is 0 Å². The van der Waals surface area contributed by atoms with Gasteiger partial charge >= 0.3 is 7.48 Å². The molecule has 0 saturated heterocycles. The van der Waals surface area contributed by atoms with Crippen molar-refractivity contribution in [3.8, 4) is 0 Å². The fourth-order valence-electron chi connectivity index (χ4n) is 2.92. The average molecular weight is 346 g/mol. The van der Waals surface area contributed by atoms with Gasteiger partial charge in [0.25, 0.3) is 0 Å². The van der Waals surface area contributed by atoms with E-state index in [9.17, 15) is 5.11 Å². The first-order chi connectivity index (χ1) is 12.3. The first-order valence-corrected chi connectivity index (χ1v) is 8.70. The number of rotatable bonds is 4. The molecule has 1 N–H and O–H groups in total. The van der Waals surface area contributed by atoms with Crippen molar-refractivity contribution in [2.24, 2.45) is 0 Å². The zero-order valence-corrected chi connectivity index (χ0v) is 15.4. The van der Waals surface area contributed by atoms with E-state index in [1.807, 2.05) is 50.2 Å². The number of fused-ring (bicyclic) bond motifs is 5. The molecule has 2 heterocycles. The molecule has 0 unspecified atom stereocenters. The molecule has 2 aromatic carbocycles. The van der Waals surface area contributed by atoms with Crippen LogP contribution in [0.3, 0.4) is 0 Å². The van der Waals surface area contributed by atoms with Crippen molar-refractivity contribution in [1.29, 1.82) is 0 Å². The van der Waals surface area contributed by atoms with Gasteiger partial charge in [0.05, 0.1) is 16.7 Å². The van der Waals surface area contributed by atoms with Crippen LogP contribution in [-0.2, 0) is 4.65 Å². The lowest BCUT2D eigenvalue weighted by Gasteiger charge is -2.37. The lowest BCUT2D eigenvalue weighted by Crippen LogP contribution is -2.49. The molecular formula is C21H21BNO3. The van der Waals surface area contributed by atoms with Crippen LogP contribution in [-0.4, -0.2) is 28.8 Å². The van der Waals surface area contributed by atoms with E-state index in [2.05, 4.69) is 11.1 Å². The van der Waals surface area contributed by atoms with Crippen molar-refractivity contribution in [3.05, 3.63) is 48.7 Å². The van der Waals surface area contributed by atoms with E-state index in [1.54, 1.807) is 27.5 Å². The minimum absolute atomic E-state index is 0.738. The number of nitrogens with zero attached hydrogens (tertiary/aromatic N) is 1. The van der Waals surface area contributed by atoms with Crippen molar-refractivity contribution in [1.82, 2.24) is 4.98 Å². The third kappa shape index (κ3) is 2.68. The standard InChI is InChI=1S/C21H21BNO3/c1-20(2,24)21(3,4)26-22-15-9-5-7-14-18-13-8-6-12-23-16(13)10-11-17(18)25-19(14)15/h5-12,24H,1-4H3. The van der Waals surface area contributed by atoms with Crippen LogP contribution in [0.4, 0.5) is 0 Å². The van der Waals surface area contributed by atoms with Crippen molar-refractivity contribution in [2.45, 2.75) is 38.9 Å². The summed E-state index contributed by atoms with van der Waals surface area (Å²) in [5.41, 5.74) is 1.66. The molecule has 0 aliphatic heterocycles. The first-order valence-electron chi connectivity index (χ1n) is 8.70. The van der Waals surface area contributed by atoms with Crippen LogP contribution in [0.15, 0.2) is 53.1 Å². The summed E-state index contributed by atoms with van der Waals surface area (Å²) in [6, 6.07) is 13.9. The van der Waals surface area contributed by atoms with Crippen LogP contribution in [0.1, 0.15) is 27.7 Å². The van der Waals surface area contributed by atoms with Crippen molar-refractivity contribution < 1.29 is 14.2 Å². The highest BCUT2D eigenvalue weighted by Crippen LogP contribution is 2.33. The molecule has 4 rings (SSSR count). The van der Waals surface area contributed by atoms with Crippen LogP contribution in [0, 0.1) is 0 Å². The second-order valence-corrected chi connectivity index (χ2v) is 7.64. The third-order valence-electron chi connectivity index (χ3n) is 5.23. The SMILES string of the molecule is CC(C)(O)C(C)(C)O[B]c1cccc2c1oc1ccc3ncccc3c12. The Morgan fingerprint density at radius 2 is 1.77 bits per heavy atom. The van der Waals surface area contributed by atoms with Crippen LogP contribution in [0.25, 0.3) is 32.8 Å². The molecule has 0 amide bonds. The highest BCUT2D eigenvalue weighted by atomic mass is 16.5. The maximum Gasteiger partial charge on any atom is 0.334 e. The maximum atomic E-state index is 10.3. The van der Waals surface area contributed by atoms with E-state index in [4.69, 9.17) is 9.07 Å². The highest BCUT2D eigenvalue weighted by molar-refractivity contribution is 6.51. The van der Waals surface area contributed by atoms with Crippen LogP contribution >= 0.6 is 0 Å². The lowest BCUT2D eigenvalue weighted by molar-refractivity contribution is -0.0893. The topological polar surface area (TPSA) is 55.5 Å². The first kappa shape index (κ1) is 17.1. The Balaban J connectivity index is 1.84. The minimum Gasteiger partial charge on any atom is -0.457 e. The number of hydrogen-bond acceptors (Lipinski definition) is 4. The van der Waals surface area contributed by atoms with Gasteiger partial charge in [-0.25, -0.2) is 0 Å². The van der Waals surface area contributed by atoms with E-state index < -0.39 is 11.2 Å². The van der Waals surface area contributed by atoms with E-state index in [0.29, 0.717) is 0 Å². The van der Waals surface area contributed by atoms with Crippen molar-refractivity contribution in [2.75, 3.05) is 0 Å². The smallest absolute Gasteiger partial charge is 0.334 e. The molecule has 26 heavy (non-hydrogen) atoms. The predicted octanol–water partition coefficient (Wildman–Crippen LogP) is 3.94. The Labute approximate surface area is 153 Å². The number of para-hydroxylation sites is 1. The zero-order valence-electron chi connectivity index (χ0n) is 15.4. The summed E-state index contributed by atoms with van der Waals surface area (Å²) >= 11 is 0. The fraction of sp³-hybridized carbons (Fsp3) is 0.286. The molecular weight excluding hydrogens is 325 g/mol. The van der Waals surface area contributed by atoms with E-state index in [1.165, 1.54) is 0 Å². The largest absolute Gasteiger partial charge is 0.457 e. The molecule has 0 atom stereocenters. The van der Waals surface area contributed by atoms with E-state index in [0.717, 1.165) is 38.3 Å². The van der Waals surface area contributed by atoms with Crippen molar-refractivity contribution in [3.63, 3.8) is 0 Å². The van der Waals surface area contributed by atoms with Crippen LogP contribution in [0.2, 0.25) is 0 Å². The molecule has 0 saturated carbocycles.